The molecule has 0 aliphatic heterocycles. The molecule has 1 fully saturated rings. The van der Waals surface area contributed by atoms with Gasteiger partial charge in [0, 0.05) is 11.3 Å². The zero-order valence-electron chi connectivity index (χ0n) is 7.45. The summed E-state index contributed by atoms with van der Waals surface area (Å²) in [6.07, 6.45) is 3.65. The van der Waals surface area contributed by atoms with Gasteiger partial charge in [0.15, 0.2) is 0 Å². The third-order valence-electron chi connectivity index (χ3n) is 2.93. The van der Waals surface area contributed by atoms with Crippen molar-refractivity contribution in [2.24, 2.45) is 11.3 Å². The number of rotatable bonds is 3. The normalized spacial score (nSPS) is 31.9. The van der Waals surface area contributed by atoms with Crippen molar-refractivity contribution in [1.82, 2.24) is 0 Å². The second-order valence-electron chi connectivity index (χ2n) is 4.04. The second kappa shape index (κ2) is 2.81. The highest BCUT2D eigenvalue weighted by molar-refractivity contribution is 6.51. The fourth-order valence-corrected chi connectivity index (χ4v) is 2.63. The zero-order valence-corrected chi connectivity index (χ0v) is 8.97. The molecule has 1 rings (SSSR count). The summed E-state index contributed by atoms with van der Waals surface area (Å²) < 4.78 is -0.442. The molecule has 0 aromatic carbocycles. The van der Waals surface area contributed by atoms with Crippen LogP contribution in [0.3, 0.4) is 0 Å². The van der Waals surface area contributed by atoms with E-state index in [0.29, 0.717) is 5.92 Å². The van der Waals surface area contributed by atoms with Crippen LogP contribution in [-0.2, 0) is 0 Å². The minimum absolute atomic E-state index is 0.144. The first-order valence-electron chi connectivity index (χ1n) is 4.32. The van der Waals surface area contributed by atoms with Crippen LogP contribution in [0, 0.1) is 11.3 Å². The molecular formula is C9H16Cl2. The summed E-state index contributed by atoms with van der Waals surface area (Å²) in [5.41, 5.74) is 0.144. The van der Waals surface area contributed by atoms with Crippen LogP contribution < -0.4 is 0 Å². The number of unbranched alkanes of at least 4 members (excludes halogenated alkanes) is 1. The molecule has 0 spiro atoms. The third kappa shape index (κ3) is 1.40. The largest absolute Gasteiger partial charge is 0.127 e. The lowest BCUT2D eigenvalue weighted by Gasteiger charge is -1.99. The van der Waals surface area contributed by atoms with Gasteiger partial charge in [-0.1, -0.05) is 33.6 Å². The van der Waals surface area contributed by atoms with Gasteiger partial charge in [0.05, 0.1) is 0 Å². The SMILES string of the molecule is CCCCC1C(C)(C)C1(Cl)Cl. The van der Waals surface area contributed by atoms with Crippen LogP contribution in [0.4, 0.5) is 0 Å². The summed E-state index contributed by atoms with van der Waals surface area (Å²) in [6, 6.07) is 0. The van der Waals surface area contributed by atoms with Gasteiger partial charge in [0.25, 0.3) is 0 Å². The Morgan fingerprint density at radius 3 is 2.00 bits per heavy atom. The van der Waals surface area contributed by atoms with Gasteiger partial charge in [0.1, 0.15) is 4.33 Å². The fraction of sp³-hybridized carbons (Fsp3) is 1.00. The number of hydrogen-bond donors (Lipinski definition) is 0. The van der Waals surface area contributed by atoms with E-state index in [-0.39, 0.29) is 5.41 Å². The monoisotopic (exact) mass is 194 g/mol. The molecule has 0 radical (unpaired) electrons. The molecule has 1 atom stereocenters. The highest BCUT2D eigenvalue weighted by Crippen LogP contribution is 2.70. The first-order valence-corrected chi connectivity index (χ1v) is 5.08. The van der Waals surface area contributed by atoms with E-state index in [1.165, 1.54) is 19.3 Å². The summed E-state index contributed by atoms with van der Waals surface area (Å²) >= 11 is 12.2. The highest BCUT2D eigenvalue weighted by atomic mass is 35.5. The van der Waals surface area contributed by atoms with Gasteiger partial charge >= 0.3 is 0 Å². The Hall–Kier alpha value is 0.580. The lowest BCUT2D eigenvalue weighted by atomic mass is 10.1. The summed E-state index contributed by atoms with van der Waals surface area (Å²) in [4.78, 5) is 0. The molecule has 1 unspecified atom stereocenters. The Labute approximate surface area is 79.3 Å². The van der Waals surface area contributed by atoms with Crippen molar-refractivity contribution in [3.05, 3.63) is 0 Å². The molecule has 2 heteroatoms. The van der Waals surface area contributed by atoms with Gasteiger partial charge in [-0.05, 0) is 6.42 Å². The predicted molar refractivity (Wildman–Crippen MR) is 51.2 cm³/mol. The van der Waals surface area contributed by atoms with E-state index >= 15 is 0 Å². The van der Waals surface area contributed by atoms with Crippen molar-refractivity contribution >= 4 is 23.2 Å². The van der Waals surface area contributed by atoms with E-state index in [1.54, 1.807) is 0 Å². The molecule has 0 amide bonds. The van der Waals surface area contributed by atoms with E-state index in [0.717, 1.165) is 0 Å². The maximum absolute atomic E-state index is 6.10. The molecule has 0 bridgehead atoms. The first-order chi connectivity index (χ1) is 4.94. The van der Waals surface area contributed by atoms with Crippen LogP contribution in [0.1, 0.15) is 40.0 Å². The van der Waals surface area contributed by atoms with Crippen molar-refractivity contribution in [1.29, 1.82) is 0 Å². The van der Waals surface area contributed by atoms with E-state index in [1.807, 2.05) is 0 Å². The Morgan fingerprint density at radius 1 is 1.27 bits per heavy atom. The number of hydrogen-bond acceptors (Lipinski definition) is 0. The molecule has 1 aliphatic carbocycles. The average molecular weight is 195 g/mol. The average Bonchev–Trinajstić information content (AvgIpc) is 2.23. The highest BCUT2D eigenvalue weighted by Gasteiger charge is 2.68. The topological polar surface area (TPSA) is 0 Å². The first kappa shape index (κ1) is 9.67. The van der Waals surface area contributed by atoms with E-state index in [2.05, 4.69) is 20.8 Å². The molecule has 0 aromatic heterocycles. The second-order valence-corrected chi connectivity index (χ2v) is 5.43. The van der Waals surface area contributed by atoms with Crippen LogP contribution >= 0.6 is 23.2 Å². The van der Waals surface area contributed by atoms with Crippen molar-refractivity contribution in [2.75, 3.05) is 0 Å². The lowest BCUT2D eigenvalue weighted by Crippen LogP contribution is -1.96. The smallest absolute Gasteiger partial charge is 0.101 e. The van der Waals surface area contributed by atoms with E-state index in [9.17, 15) is 0 Å². The molecule has 0 nitrogen and oxygen atoms in total. The van der Waals surface area contributed by atoms with Crippen LogP contribution in [0.25, 0.3) is 0 Å². The van der Waals surface area contributed by atoms with Gasteiger partial charge in [-0.15, -0.1) is 23.2 Å². The van der Waals surface area contributed by atoms with Gasteiger partial charge < -0.3 is 0 Å². The van der Waals surface area contributed by atoms with Gasteiger partial charge in [-0.3, -0.25) is 0 Å². The third-order valence-corrected chi connectivity index (χ3v) is 4.43. The summed E-state index contributed by atoms with van der Waals surface area (Å²) in [5.74, 6) is 0.512. The number of alkyl halides is 2. The van der Waals surface area contributed by atoms with Crippen molar-refractivity contribution in [2.45, 2.75) is 44.4 Å². The molecule has 0 N–H and O–H groups in total. The lowest BCUT2D eigenvalue weighted by molar-refractivity contribution is 0.515. The summed E-state index contributed by atoms with van der Waals surface area (Å²) in [7, 11) is 0. The van der Waals surface area contributed by atoms with Gasteiger partial charge in [0.2, 0.25) is 0 Å². The van der Waals surface area contributed by atoms with Crippen LogP contribution in [0.2, 0.25) is 0 Å². The van der Waals surface area contributed by atoms with Crippen LogP contribution in [0.15, 0.2) is 0 Å². The quantitative estimate of drug-likeness (QED) is 0.597. The Balaban J connectivity index is 2.41. The fourth-order valence-electron chi connectivity index (χ4n) is 1.71. The summed E-state index contributed by atoms with van der Waals surface area (Å²) in [6.45, 7) is 6.49. The van der Waals surface area contributed by atoms with Crippen LogP contribution in [-0.4, -0.2) is 4.33 Å². The van der Waals surface area contributed by atoms with Crippen molar-refractivity contribution in [3.63, 3.8) is 0 Å². The Kier molecular flexibility index (Phi) is 2.47. The molecule has 66 valence electrons. The maximum Gasteiger partial charge on any atom is 0.127 e. The van der Waals surface area contributed by atoms with E-state index in [4.69, 9.17) is 23.2 Å². The van der Waals surface area contributed by atoms with Crippen LogP contribution in [0.5, 0.6) is 0 Å². The molecule has 1 saturated carbocycles. The van der Waals surface area contributed by atoms with Gasteiger partial charge in [-0.2, -0.15) is 0 Å². The maximum atomic E-state index is 6.10. The molecule has 0 saturated heterocycles. The van der Waals surface area contributed by atoms with Crippen molar-refractivity contribution < 1.29 is 0 Å². The molecule has 0 heterocycles. The molecule has 0 aromatic rings. The summed E-state index contributed by atoms with van der Waals surface area (Å²) in [5, 5.41) is 0. The zero-order chi connectivity index (χ0) is 8.70. The number of halogens is 2. The van der Waals surface area contributed by atoms with Crippen molar-refractivity contribution in [3.8, 4) is 0 Å². The Morgan fingerprint density at radius 2 is 1.73 bits per heavy atom. The minimum atomic E-state index is -0.442. The van der Waals surface area contributed by atoms with E-state index < -0.39 is 4.33 Å². The van der Waals surface area contributed by atoms with Gasteiger partial charge in [-0.25, -0.2) is 0 Å². The molecule has 1 aliphatic rings. The Bertz CT molecular complexity index is 136. The molecular weight excluding hydrogens is 179 g/mol. The standard InChI is InChI=1S/C9H16Cl2/c1-4-5-6-7-8(2,3)9(7,10)11/h7H,4-6H2,1-3H3. The predicted octanol–water partition coefficient (Wildman–Crippen LogP) is 4.01. The minimum Gasteiger partial charge on any atom is -0.101 e. The molecule has 11 heavy (non-hydrogen) atoms.